The number of nitrogens with one attached hydrogen (secondary N) is 1. The van der Waals surface area contributed by atoms with Gasteiger partial charge in [-0.3, -0.25) is 4.79 Å². The van der Waals surface area contributed by atoms with E-state index in [4.69, 9.17) is 4.74 Å². The summed E-state index contributed by atoms with van der Waals surface area (Å²) >= 11 is 0. The van der Waals surface area contributed by atoms with Crippen LogP contribution in [0, 0.1) is 5.92 Å². The second-order valence-corrected chi connectivity index (χ2v) is 5.20. The number of methoxy groups -OCH3 is 1. The third-order valence-electron chi connectivity index (χ3n) is 3.46. The standard InChI is InChI=1S/C16H23NO4/c1-4-11(2)15(16(19)20)17-14(18)9-12-6-5-7-13(8-12)10-21-3/h5-8,11,15H,4,9-10H2,1-3H3,(H,17,18)(H,19,20). The molecule has 21 heavy (non-hydrogen) atoms. The Hall–Kier alpha value is -1.88. The lowest BCUT2D eigenvalue weighted by molar-refractivity contribution is -0.143. The maximum Gasteiger partial charge on any atom is 0.326 e. The van der Waals surface area contributed by atoms with Crippen LogP contribution >= 0.6 is 0 Å². The van der Waals surface area contributed by atoms with E-state index < -0.39 is 12.0 Å². The summed E-state index contributed by atoms with van der Waals surface area (Å²) in [6.07, 6.45) is 0.859. The minimum Gasteiger partial charge on any atom is -0.480 e. The van der Waals surface area contributed by atoms with Crippen LogP contribution in [0.25, 0.3) is 0 Å². The minimum atomic E-state index is -0.995. The lowest BCUT2D eigenvalue weighted by Gasteiger charge is -2.20. The summed E-state index contributed by atoms with van der Waals surface area (Å²) in [6.45, 7) is 4.21. The summed E-state index contributed by atoms with van der Waals surface area (Å²) in [5.41, 5.74) is 1.83. The van der Waals surface area contributed by atoms with Gasteiger partial charge in [0.1, 0.15) is 6.04 Å². The predicted octanol–water partition coefficient (Wildman–Crippen LogP) is 1.99. The van der Waals surface area contributed by atoms with Gasteiger partial charge >= 0.3 is 5.97 Å². The van der Waals surface area contributed by atoms with Gasteiger partial charge in [-0.25, -0.2) is 4.79 Å². The van der Waals surface area contributed by atoms with Crippen molar-refractivity contribution in [3.05, 3.63) is 35.4 Å². The molecule has 0 heterocycles. The lowest BCUT2D eigenvalue weighted by Crippen LogP contribution is -2.45. The molecule has 0 fully saturated rings. The Morgan fingerprint density at radius 3 is 2.57 bits per heavy atom. The van der Waals surface area contributed by atoms with Gasteiger partial charge in [0.25, 0.3) is 0 Å². The van der Waals surface area contributed by atoms with Crippen molar-refractivity contribution >= 4 is 11.9 Å². The van der Waals surface area contributed by atoms with Gasteiger partial charge in [-0.1, -0.05) is 44.5 Å². The van der Waals surface area contributed by atoms with Crippen molar-refractivity contribution in [2.24, 2.45) is 5.92 Å². The van der Waals surface area contributed by atoms with E-state index in [1.165, 1.54) is 0 Å². The normalized spacial score (nSPS) is 13.5. The SMILES string of the molecule is CCC(C)C(NC(=O)Cc1cccc(COC)c1)C(=O)O. The molecule has 2 atom stereocenters. The van der Waals surface area contributed by atoms with Crippen molar-refractivity contribution in [3.63, 3.8) is 0 Å². The molecule has 1 aromatic rings. The van der Waals surface area contributed by atoms with E-state index in [2.05, 4.69) is 5.32 Å². The molecule has 0 bridgehead atoms. The molecule has 0 aromatic heterocycles. The van der Waals surface area contributed by atoms with E-state index in [0.29, 0.717) is 13.0 Å². The summed E-state index contributed by atoms with van der Waals surface area (Å²) in [4.78, 5) is 23.2. The first-order valence-corrected chi connectivity index (χ1v) is 7.06. The van der Waals surface area contributed by atoms with Crippen molar-refractivity contribution in [3.8, 4) is 0 Å². The molecule has 1 rings (SSSR count). The van der Waals surface area contributed by atoms with E-state index in [9.17, 15) is 14.7 Å². The number of rotatable bonds is 8. The van der Waals surface area contributed by atoms with Crippen LogP contribution in [-0.2, 0) is 27.4 Å². The number of benzene rings is 1. The number of ether oxygens (including phenoxy) is 1. The Morgan fingerprint density at radius 2 is 2.00 bits per heavy atom. The molecular weight excluding hydrogens is 270 g/mol. The summed E-state index contributed by atoms with van der Waals surface area (Å²) < 4.78 is 5.05. The van der Waals surface area contributed by atoms with Gasteiger partial charge in [0.15, 0.2) is 0 Å². The molecule has 5 heteroatoms. The molecule has 0 aliphatic rings. The predicted molar refractivity (Wildman–Crippen MR) is 79.9 cm³/mol. The molecule has 1 aromatic carbocycles. The zero-order chi connectivity index (χ0) is 15.8. The van der Waals surface area contributed by atoms with E-state index >= 15 is 0 Å². The number of carbonyl (C=O) groups is 2. The highest BCUT2D eigenvalue weighted by Gasteiger charge is 2.25. The summed E-state index contributed by atoms with van der Waals surface area (Å²) in [6, 6.07) is 6.68. The Bertz CT molecular complexity index is 487. The van der Waals surface area contributed by atoms with Gasteiger partial charge in [0.2, 0.25) is 5.91 Å². The zero-order valence-electron chi connectivity index (χ0n) is 12.8. The molecule has 0 aliphatic carbocycles. The van der Waals surface area contributed by atoms with Crippen molar-refractivity contribution in [2.75, 3.05) is 7.11 Å². The van der Waals surface area contributed by atoms with Gasteiger partial charge in [0.05, 0.1) is 13.0 Å². The third kappa shape index (κ3) is 5.55. The number of hydrogen-bond acceptors (Lipinski definition) is 3. The molecule has 0 radical (unpaired) electrons. The first-order valence-electron chi connectivity index (χ1n) is 7.06. The third-order valence-corrected chi connectivity index (χ3v) is 3.46. The molecule has 1 amide bonds. The Labute approximate surface area is 125 Å². The van der Waals surface area contributed by atoms with E-state index in [1.54, 1.807) is 7.11 Å². The van der Waals surface area contributed by atoms with Crippen LogP contribution in [0.5, 0.6) is 0 Å². The van der Waals surface area contributed by atoms with Crippen molar-refractivity contribution in [1.29, 1.82) is 0 Å². The smallest absolute Gasteiger partial charge is 0.326 e. The number of carboxylic acid groups (broad SMARTS) is 1. The molecule has 116 valence electrons. The average molecular weight is 293 g/mol. The number of carbonyl (C=O) groups excluding carboxylic acids is 1. The maximum atomic E-state index is 12.0. The molecule has 2 unspecified atom stereocenters. The quantitative estimate of drug-likeness (QED) is 0.768. The summed E-state index contributed by atoms with van der Waals surface area (Å²) in [5.74, 6) is -1.38. The maximum absolute atomic E-state index is 12.0. The Morgan fingerprint density at radius 1 is 1.33 bits per heavy atom. The monoisotopic (exact) mass is 293 g/mol. The van der Waals surface area contributed by atoms with Crippen LogP contribution in [0.1, 0.15) is 31.4 Å². The van der Waals surface area contributed by atoms with Gasteiger partial charge < -0.3 is 15.2 Å². The topological polar surface area (TPSA) is 75.6 Å². The molecule has 2 N–H and O–H groups in total. The van der Waals surface area contributed by atoms with Gasteiger partial charge in [0, 0.05) is 7.11 Å². The van der Waals surface area contributed by atoms with Crippen molar-refractivity contribution in [2.45, 2.75) is 39.3 Å². The van der Waals surface area contributed by atoms with E-state index in [1.807, 2.05) is 38.1 Å². The van der Waals surface area contributed by atoms with Crippen LogP contribution in [0.2, 0.25) is 0 Å². The number of amides is 1. The number of hydrogen-bond donors (Lipinski definition) is 2. The highest BCUT2D eigenvalue weighted by molar-refractivity contribution is 5.85. The average Bonchev–Trinajstić information content (AvgIpc) is 2.44. The Balaban J connectivity index is 2.67. The fourth-order valence-electron chi connectivity index (χ4n) is 2.09. The molecular formula is C16H23NO4. The largest absolute Gasteiger partial charge is 0.480 e. The first-order chi connectivity index (χ1) is 9.97. The second-order valence-electron chi connectivity index (χ2n) is 5.20. The second kappa shape index (κ2) is 8.42. The molecule has 5 nitrogen and oxygen atoms in total. The van der Waals surface area contributed by atoms with Crippen LogP contribution in [-0.4, -0.2) is 30.1 Å². The number of aliphatic carboxylic acids is 1. The van der Waals surface area contributed by atoms with Gasteiger partial charge in [-0.15, -0.1) is 0 Å². The highest BCUT2D eigenvalue weighted by atomic mass is 16.5. The van der Waals surface area contributed by atoms with Crippen molar-refractivity contribution < 1.29 is 19.4 Å². The first kappa shape index (κ1) is 17.2. The molecule has 0 saturated heterocycles. The minimum absolute atomic E-state index is 0.105. The molecule has 0 saturated carbocycles. The zero-order valence-corrected chi connectivity index (χ0v) is 12.8. The van der Waals surface area contributed by atoms with Crippen LogP contribution in [0.3, 0.4) is 0 Å². The van der Waals surface area contributed by atoms with Gasteiger partial charge in [-0.05, 0) is 17.0 Å². The summed E-state index contributed by atoms with van der Waals surface area (Å²) in [5, 5.41) is 11.8. The van der Waals surface area contributed by atoms with Crippen LogP contribution < -0.4 is 5.32 Å². The fraction of sp³-hybridized carbons (Fsp3) is 0.500. The van der Waals surface area contributed by atoms with Gasteiger partial charge in [-0.2, -0.15) is 0 Å². The van der Waals surface area contributed by atoms with Crippen molar-refractivity contribution in [1.82, 2.24) is 5.32 Å². The molecule has 0 spiro atoms. The summed E-state index contributed by atoms with van der Waals surface area (Å²) in [7, 11) is 1.61. The van der Waals surface area contributed by atoms with Crippen LogP contribution in [0.15, 0.2) is 24.3 Å². The highest BCUT2D eigenvalue weighted by Crippen LogP contribution is 2.10. The lowest BCUT2D eigenvalue weighted by atomic mass is 9.99. The fourth-order valence-corrected chi connectivity index (χ4v) is 2.09. The van der Waals surface area contributed by atoms with E-state index in [-0.39, 0.29) is 18.2 Å². The van der Waals surface area contributed by atoms with E-state index in [0.717, 1.165) is 11.1 Å². The Kier molecular flexibility index (Phi) is 6.88. The number of carboxylic acids is 1. The molecule has 0 aliphatic heterocycles. The van der Waals surface area contributed by atoms with Crippen LogP contribution in [0.4, 0.5) is 0 Å².